The summed E-state index contributed by atoms with van der Waals surface area (Å²) >= 11 is 0. The van der Waals surface area contributed by atoms with Crippen molar-refractivity contribution in [3.8, 4) is 0 Å². The van der Waals surface area contributed by atoms with Gasteiger partial charge in [0.05, 0.1) is 12.1 Å². The van der Waals surface area contributed by atoms with Crippen LogP contribution in [-0.4, -0.2) is 61.4 Å². The quantitative estimate of drug-likeness (QED) is 0.894. The molecule has 0 spiro atoms. The number of benzene rings is 1. The maximum absolute atomic E-state index is 13.6. The summed E-state index contributed by atoms with van der Waals surface area (Å²) in [5, 5.41) is 3.12. The van der Waals surface area contributed by atoms with Gasteiger partial charge in [-0.05, 0) is 12.1 Å². The highest BCUT2D eigenvalue weighted by atomic mass is 35.5. The summed E-state index contributed by atoms with van der Waals surface area (Å²) in [5.74, 6) is -2.50. The first kappa shape index (κ1) is 18.3. The number of hydrogen-bond donors (Lipinski definition) is 1. The number of piperazine rings is 1. The first-order valence-electron chi connectivity index (χ1n) is 6.68. The highest BCUT2D eigenvalue weighted by molar-refractivity contribution is 5.96. The summed E-state index contributed by atoms with van der Waals surface area (Å²) in [7, 11) is 1.42. The normalized spacial score (nSPS) is 14.2. The Balaban J connectivity index is 0.00000242. The van der Waals surface area contributed by atoms with Gasteiger partial charge in [0.2, 0.25) is 5.91 Å². The molecule has 0 atom stereocenters. The van der Waals surface area contributed by atoms with Crippen LogP contribution in [0.1, 0.15) is 10.4 Å². The second kappa shape index (κ2) is 8.05. The zero-order chi connectivity index (χ0) is 15.4. The fraction of sp³-hybridized carbons (Fsp3) is 0.429. The van der Waals surface area contributed by atoms with E-state index in [9.17, 15) is 18.4 Å². The molecule has 1 heterocycles. The maximum atomic E-state index is 13.6. The van der Waals surface area contributed by atoms with E-state index in [0.717, 1.165) is 30.1 Å². The van der Waals surface area contributed by atoms with Crippen molar-refractivity contribution in [1.29, 1.82) is 0 Å². The average molecular weight is 334 g/mol. The van der Waals surface area contributed by atoms with Gasteiger partial charge < -0.3 is 15.1 Å². The molecular weight excluding hydrogens is 316 g/mol. The molecular formula is C14H18ClF2N3O2. The molecule has 1 N–H and O–H groups in total. The molecule has 1 aliphatic heterocycles. The first-order chi connectivity index (χ1) is 9.99. The second-order valence-electron chi connectivity index (χ2n) is 4.92. The third kappa shape index (κ3) is 4.38. The van der Waals surface area contributed by atoms with Crippen LogP contribution in [0.5, 0.6) is 0 Å². The third-order valence-corrected chi connectivity index (χ3v) is 3.35. The Morgan fingerprint density at radius 2 is 1.91 bits per heavy atom. The zero-order valence-corrected chi connectivity index (χ0v) is 13.0. The number of nitrogens with zero attached hydrogens (tertiary/aromatic N) is 2. The molecule has 0 aliphatic carbocycles. The van der Waals surface area contributed by atoms with Gasteiger partial charge in [-0.1, -0.05) is 0 Å². The summed E-state index contributed by atoms with van der Waals surface area (Å²) in [6.45, 7) is 2.49. The lowest BCUT2D eigenvalue weighted by Crippen LogP contribution is -2.49. The van der Waals surface area contributed by atoms with Crippen LogP contribution in [0.2, 0.25) is 0 Å². The van der Waals surface area contributed by atoms with Crippen molar-refractivity contribution in [1.82, 2.24) is 15.1 Å². The topological polar surface area (TPSA) is 52.7 Å². The summed E-state index contributed by atoms with van der Waals surface area (Å²) in [5.41, 5.74) is -0.244. The second-order valence-corrected chi connectivity index (χ2v) is 4.92. The van der Waals surface area contributed by atoms with E-state index in [0.29, 0.717) is 19.2 Å². The number of rotatable bonds is 3. The third-order valence-electron chi connectivity index (χ3n) is 3.35. The summed E-state index contributed by atoms with van der Waals surface area (Å²) < 4.78 is 26.4. The van der Waals surface area contributed by atoms with Crippen molar-refractivity contribution in [2.75, 3.05) is 39.8 Å². The van der Waals surface area contributed by atoms with Crippen molar-refractivity contribution in [3.63, 3.8) is 0 Å². The number of likely N-dealkylation sites (N-methyl/N-ethyl adjacent to an activating group) is 1. The van der Waals surface area contributed by atoms with E-state index in [4.69, 9.17) is 0 Å². The lowest BCUT2D eigenvalue weighted by molar-refractivity contribution is -0.132. The Bertz CT molecular complexity index is 551. The van der Waals surface area contributed by atoms with Gasteiger partial charge in [-0.15, -0.1) is 12.4 Å². The minimum Gasteiger partial charge on any atom is -0.339 e. The fourth-order valence-electron chi connectivity index (χ4n) is 2.16. The smallest absolute Gasteiger partial charge is 0.257 e. The van der Waals surface area contributed by atoms with E-state index in [1.165, 1.54) is 7.05 Å². The van der Waals surface area contributed by atoms with Gasteiger partial charge in [-0.3, -0.25) is 9.59 Å². The first-order valence-corrected chi connectivity index (χ1v) is 6.68. The monoisotopic (exact) mass is 333 g/mol. The highest BCUT2D eigenvalue weighted by Gasteiger charge is 2.22. The van der Waals surface area contributed by atoms with E-state index in [2.05, 4.69) is 5.32 Å². The number of nitrogens with one attached hydrogen (secondary N) is 1. The number of carbonyl (C=O) groups excluding carboxylic acids is 2. The van der Waals surface area contributed by atoms with Crippen LogP contribution in [0.4, 0.5) is 8.78 Å². The van der Waals surface area contributed by atoms with Gasteiger partial charge in [0, 0.05) is 39.3 Å². The van der Waals surface area contributed by atoms with Gasteiger partial charge in [-0.2, -0.15) is 0 Å². The average Bonchev–Trinajstić information content (AvgIpc) is 2.47. The van der Waals surface area contributed by atoms with Crippen molar-refractivity contribution in [2.45, 2.75) is 0 Å². The number of hydrogen-bond acceptors (Lipinski definition) is 3. The molecule has 0 aromatic heterocycles. The zero-order valence-electron chi connectivity index (χ0n) is 12.1. The Labute approximate surface area is 133 Å². The van der Waals surface area contributed by atoms with Crippen molar-refractivity contribution in [2.24, 2.45) is 0 Å². The molecule has 1 aromatic carbocycles. The van der Waals surface area contributed by atoms with Crippen LogP contribution < -0.4 is 5.32 Å². The molecule has 1 aromatic rings. The van der Waals surface area contributed by atoms with E-state index < -0.39 is 17.5 Å². The summed E-state index contributed by atoms with van der Waals surface area (Å²) in [6, 6.07) is 2.75. The molecule has 1 fully saturated rings. The number of amides is 2. The molecule has 122 valence electrons. The lowest BCUT2D eigenvalue weighted by Gasteiger charge is -2.29. The van der Waals surface area contributed by atoms with E-state index in [1.807, 2.05) is 0 Å². The molecule has 0 saturated carbocycles. The Morgan fingerprint density at radius 3 is 2.50 bits per heavy atom. The van der Waals surface area contributed by atoms with E-state index in [1.54, 1.807) is 4.90 Å². The summed E-state index contributed by atoms with van der Waals surface area (Å²) in [4.78, 5) is 26.9. The standard InChI is InChI=1S/C14H17F2N3O2.ClH/c1-18(9-13(20)19-6-4-17-5-7-19)14(21)11-3-2-10(15)8-12(11)16;/h2-3,8,17H,4-7,9H2,1H3;1H. The predicted molar refractivity (Wildman–Crippen MR) is 80.0 cm³/mol. The van der Waals surface area contributed by atoms with Gasteiger partial charge in [-0.25, -0.2) is 8.78 Å². The van der Waals surface area contributed by atoms with Crippen LogP contribution >= 0.6 is 12.4 Å². The molecule has 0 radical (unpaired) electrons. The molecule has 1 aliphatic rings. The molecule has 2 amide bonds. The van der Waals surface area contributed by atoms with Crippen LogP contribution in [0.25, 0.3) is 0 Å². The van der Waals surface area contributed by atoms with Crippen LogP contribution in [0.3, 0.4) is 0 Å². The molecule has 8 heteroatoms. The van der Waals surface area contributed by atoms with Crippen molar-refractivity contribution < 1.29 is 18.4 Å². The van der Waals surface area contributed by atoms with E-state index in [-0.39, 0.29) is 30.4 Å². The Kier molecular flexibility index (Phi) is 6.70. The van der Waals surface area contributed by atoms with Gasteiger partial charge in [0.1, 0.15) is 11.6 Å². The Morgan fingerprint density at radius 1 is 1.27 bits per heavy atom. The van der Waals surface area contributed by atoms with Crippen LogP contribution in [-0.2, 0) is 4.79 Å². The molecule has 5 nitrogen and oxygen atoms in total. The van der Waals surface area contributed by atoms with E-state index >= 15 is 0 Å². The minimum absolute atomic E-state index is 0. The van der Waals surface area contributed by atoms with Gasteiger partial charge in [0.25, 0.3) is 5.91 Å². The van der Waals surface area contributed by atoms with Crippen LogP contribution in [0.15, 0.2) is 18.2 Å². The highest BCUT2D eigenvalue weighted by Crippen LogP contribution is 2.12. The fourth-order valence-corrected chi connectivity index (χ4v) is 2.16. The SMILES string of the molecule is CN(CC(=O)N1CCNCC1)C(=O)c1ccc(F)cc1F.Cl. The Hall–Kier alpha value is -1.73. The largest absolute Gasteiger partial charge is 0.339 e. The van der Waals surface area contributed by atoms with Crippen molar-refractivity contribution in [3.05, 3.63) is 35.4 Å². The minimum atomic E-state index is -0.929. The number of halogens is 3. The maximum Gasteiger partial charge on any atom is 0.257 e. The molecule has 2 rings (SSSR count). The lowest BCUT2D eigenvalue weighted by atomic mass is 10.2. The molecule has 0 unspecified atom stereocenters. The molecule has 1 saturated heterocycles. The van der Waals surface area contributed by atoms with Gasteiger partial charge in [0.15, 0.2) is 0 Å². The van der Waals surface area contributed by atoms with Crippen LogP contribution in [0, 0.1) is 11.6 Å². The van der Waals surface area contributed by atoms with Gasteiger partial charge >= 0.3 is 0 Å². The molecule has 0 bridgehead atoms. The van der Waals surface area contributed by atoms with Crippen molar-refractivity contribution >= 4 is 24.2 Å². The summed E-state index contributed by atoms with van der Waals surface area (Å²) in [6.07, 6.45) is 0. The number of carbonyl (C=O) groups is 2. The predicted octanol–water partition coefficient (Wildman–Crippen LogP) is 0.890. The molecule has 22 heavy (non-hydrogen) atoms.